The minimum absolute atomic E-state index is 0.0773. The molecule has 0 spiro atoms. The molecule has 3 aromatic rings. The summed E-state index contributed by atoms with van der Waals surface area (Å²) in [5.74, 6) is -1.06. The average Bonchev–Trinajstić information content (AvgIpc) is 3.16. The number of nitrogens with one attached hydrogen (secondary N) is 1. The van der Waals surface area contributed by atoms with Crippen LogP contribution in [0.15, 0.2) is 59.6 Å². The van der Waals surface area contributed by atoms with Crippen LogP contribution in [-0.2, 0) is 16.2 Å². The smallest absolute Gasteiger partial charge is 0.322 e. The zero-order chi connectivity index (χ0) is 23.0. The van der Waals surface area contributed by atoms with Crippen LogP contribution < -0.4 is 5.32 Å². The SMILES string of the molecule is Cc1ccc(S(=O)(=O)N(C)C)cc1NC(=O)c1cnn(-c2ccccc2)c1C(F)(F)F. The Hall–Kier alpha value is -3.18. The Bertz CT molecular complexity index is 1220. The highest BCUT2D eigenvalue weighted by atomic mass is 32.2. The van der Waals surface area contributed by atoms with Gasteiger partial charge in [0.05, 0.1) is 22.3 Å². The number of rotatable bonds is 5. The van der Waals surface area contributed by atoms with Crippen LogP contribution in [0.25, 0.3) is 5.69 Å². The number of anilines is 1. The number of halogens is 3. The second-order valence-corrected chi connectivity index (χ2v) is 9.02. The largest absolute Gasteiger partial charge is 0.434 e. The maximum atomic E-state index is 13.8. The van der Waals surface area contributed by atoms with E-state index in [1.165, 1.54) is 44.4 Å². The molecule has 164 valence electrons. The Morgan fingerprint density at radius 3 is 2.32 bits per heavy atom. The molecule has 0 aliphatic rings. The molecule has 0 saturated carbocycles. The lowest BCUT2D eigenvalue weighted by molar-refractivity contribution is -0.143. The molecular formula is C20H19F3N4O3S. The first-order valence-electron chi connectivity index (χ1n) is 8.98. The summed E-state index contributed by atoms with van der Waals surface area (Å²) < 4.78 is 67.7. The molecule has 0 fully saturated rings. The lowest BCUT2D eigenvalue weighted by Crippen LogP contribution is -2.23. The summed E-state index contributed by atoms with van der Waals surface area (Å²) in [4.78, 5) is 12.6. The number of sulfonamides is 1. The van der Waals surface area contributed by atoms with Gasteiger partial charge >= 0.3 is 6.18 Å². The first-order valence-corrected chi connectivity index (χ1v) is 10.4. The van der Waals surface area contributed by atoms with E-state index in [9.17, 15) is 26.4 Å². The molecule has 0 radical (unpaired) electrons. The Balaban J connectivity index is 2.03. The summed E-state index contributed by atoms with van der Waals surface area (Å²) in [6.07, 6.45) is -4.02. The third kappa shape index (κ3) is 4.47. The van der Waals surface area contributed by atoms with Gasteiger partial charge < -0.3 is 5.32 Å². The van der Waals surface area contributed by atoms with E-state index >= 15 is 0 Å². The van der Waals surface area contributed by atoms with E-state index in [-0.39, 0.29) is 16.3 Å². The summed E-state index contributed by atoms with van der Waals surface area (Å²) in [6.45, 7) is 1.60. The zero-order valence-electron chi connectivity index (χ0n) is 16.8. The predicted octanol–water partition coefficient (Wildman–Crippen LogP) is 3.70. The van der Waals surface area contributed by atoms with Gasteiger partial charge in [-0.1, -0.05) is 24.3 Å². The normalized spacial score (nSPS) is 12.2. The standard InChI is InChI=1S/C20H19F3N4O3S/c1-13-9-10-15(31(29,30)26(2)3)11-17(13)25-19(28)16-12-24-27(18(16)20(21,22)23)14-7-5-4-6-8-14/h4-12H,1-3H3,(H,25,28). The lowest BCUT2D eigenvalue weighted by atomic mass is 10.1. The van der Waals surface area contributed by atoms with Gasteiger partial charge in [0.25, 0.3) is 5.91 Å². The van der Waals surface area contributed by atoms with Gasteiger partial charge in [-0.05, 0) is 36.8 Å². The van der Waals surface area contributed by atoms with E-state index in [0.29, 0.717) is 10.2 Å². The molecule has 0 saturated heterocycles. The van der Waals surface area contributed by atoms with Crippen molar-refractivity contribution in [1.82, 2.24) is 14.1 Å². The summed E-state index contributed by atoms with van der Waals surface area (Å²) in [5.41, 5.74) is -1.21. The molecule has 7 nitrogen and oxygen atoms in total. The van der Waals surface area contributed by atoms with E-state index in [1.807, 2.05) is 0 Å². The highest BCUT2D eigenvalue weighted by molar-refractivity contribution is 7.89. The molecule has 1 heterocycles. The molecular weight excluding hydrogens is 433 g/mol. The van der Waals surface area contributed by atoms with Crippen LogP contribution in [0.4, 0.5) is 18.9 Å². The van der Waals surface area contributed by atoms with Crippen molar-refractivity contribution < 1.29 is 26.4 Å². The number of alkyl halides is 3. The summed E-state index contributed by atoms with van der Waals surface area (Å²) in [5, 5.41) is 6.13. The fourth-order valence-corrected chi connectivity index (χ4v) is 3.78. The number of para-hydroxylation sites is 1. The van der Waals surface area contributed by atoms with Crippen molar-refractivity contribution in [2.24, 2.45) is 0 Å². The molecule has 11 heteroatoms. The Morgan fingerprint density at radius 2 is 1.74 bits per heavy atom. The van der Waals surface area contributed by atoms with Crippen LogP contribution >= 0.6 is 0 Å². The molecule has 3 rings (SSSR count). The third-order valence-corrected chi connectivity index (χ3v) is 6.33. The van der Waals surface area contributed by atoms with E-state index in [1.54, 1.807) is 25.1 Å². The molecule has 0 aliphatic heterocycles. The topological polar surface area (TPSA) is 84.3 Å². The van der Waals surface area contributed by atoms with Gasteiger partial charge in [-0.3, -0.25) is 4.79 Å². The highest BCUT2D eigenvalue weighted by Gasteiger charge is 2.40. The maximum Gasteiger partial charge on any atom is 0.434 e. The number of carbonyl (C=O) groups excluding carboxylic acids is 1. The van der Waals surface area contributed by atoms with Crippen molar-refractivity contribution in [2.45, 2.75) is 18.0 Å². The second kappa shape index (κ2) is 8.16. The number of aromatic nitrogens is 2. The predicted molar refractivity (Wildman–Crippen MR) is 109 cm³/mol. The third-order valence-electron chi connectivity index (χ3n) is 4.52. The Labute approximate surface area is 177 Å². The first-order chi connectivity index (χ1) is 14.4. The number of hydrogen-bond donors (Lipinski definition) is 1. The number of nitrogens with zero attached hydrogens (tertiary/aromatic N) is 3. The minimum atomic E-state index is -4.86. The molecule has 0 aliphatic carbocycles. The van der Waals surface area contributed by atoms with Crippen LogP contribution in [0.3, 0.4) is 0 Å². The van der Waals surface area contributed by atoms with Gasteiger partial charge in [-0.2, -0.15) is 18.3 Å². The van der Waals surface area contributed by atoms with Crippen LogP contribution in [0.2, 0.25) is 0 Å². The number of aryl methyl sites for hydroxylation is 1. The highest BCUT2D eigenvalue weighted by Crippen LogP contribution is 2.34. The van der Waals surface area contributed by atoms with Crippen LogP contribution in [0, 0.1) is 6.92 Å². The van der Waals surface area contributed by atoms with Gasteiger partial charge in [0.1, 0.15) is 0 Å². The molecule has 0 bridgehead atoms. The number of benzene rings is 2. The van der Waals surface area contributed by atoms with Crippen molar-refractivity contribution in [1.29, 1.82) is 0 Å². The van der Waals surface area contributed by atoms with Crippen LogP contribution in [-0.4, -0.2) is 42.5 Å². The molecule has 0 unspecified atom stereocenters. The first kappa shape index (κ1) is 22.5. The van der Waals surface area contributed by atoms with Gasteiger partial charge in [-0.15, -0.1) is 0 Å². The summed E-state index contributed by atoms with van der Waals surface area (Å²) in [7, 11) is -1.10. The van der Waals surface area contributed by atoms with Crippen molar-refractivity contribution in [3.8, 4) is 5.69 Å². The average molecular weight is 452 g/mol. The monoisotopic (exact) mass is 452 g/mol. The number of carbonyl (C=O) groups is 1. The van der Waals surface area contributed by atoms with Crippen molar-refractivity contribution in [2.75, 3.05) is 19.4 Å². The van der Waals surface area contributed by atoms with Gasteiger partial charge in [0, 0.05) is 19.8 Å². The molecule has 2 aromatic carbocycles. The summed E-state index contributed by atoms with van der Waals surface area (Å²) in [6, 6.07) is 11.6. The van der Waals surface area contributed by atoms with Crippen molar-refractivity contribution in [3.05, 3.63) is 71.5 Å². The Morgan fingerprint density at radius 1 is 1.10 bits per heavy atom. The van der Waals surface area contributed by atoms with Crippen LogP contribution in [0.5, 0.6) is 0 Å². The lowest BCUT2D eigenvalue weighted by Gasteiger charge is -2.15. The molecule has 1 N–H and O–H groups in total. The molecule has 0 atom stereocenters. The van der Waals surface area contributed by atoms with E-state index in [0.717, 1.165) is 10.5 Å². The summed E-state index contributed by atoms with van der Waals surface area (Å²) >= 11 is 0. The van der Waals surface area contributed by atoms with Gasteiger partial charge in [0.15, 0.2) is 5.69 Å². The molecule has 1 aromatic heterocycles. The number of amides is 1. The fourth-order valence-electron chi connectivity index (χ4n) is 2.85. The molecule has 1 amide bonds. The zero-order valence-corrected chi connectivity index (χ0v) is 17.6. The van der Waals surface area contributed by atoms with Crippen LogP contribution in [0.1, 0.15) is 21.6 Å². The van der Waals surface area contributed by atoms with E-state index in [4.69, 9.17) is 0 Å². The van der Waals surface area contributed by atoms with E-state index < -0.39 is 33.4 Å². The van der Waals surface area contributed by atoms with Crippen molar-refractivity contribution in [3.63, 3.8) is 0 Å². The minimum Gasteiger partial charge on any atom is -0.322 e. The Kier molecular flexibility index (Phi) is 5.92. The number of hydrogen-bond acceptors (Lipinski definition) is 4. The quantitative estimate of drug-likeness (QED) is 0.640. The van der Waals surface area contributed by atoms with Gasteiger partial charge in [-0.25, -0.2) is 17.4 Å². The van der Waals surface area contributed by atoms with Crippen molar-refractivity contribution >= 4 is 21.6 Å². The fraction of sp³-hybridized carbons (Fsp3) is 0.200. The maximum absolute atomic E-state index is 13.8. The van der Waals surface area contributed by atoms with E-state index in [2.05, 4.69) is 10.4 Å². The second-order valence-electron chi connectivity index (χ2n) is 6.87. The van der Waals surface area contributed by atoms with Gasteiger partial charge in [0.2, 0.25) is 10.0 Å². The molecule has 31 heavy (non-hydrogen) atoms.